The van der Waals surface area contributed by atoms with Crippen LogP contribution in [0.5, 0.6) is 0 Å². The fourth-order valence-electron chi connectivity index (χ4n) is 1.75. The van der Waals surface area contributed by atoms with Gasteiger partial charge in [0.05, 0.1) is 5.69 Å². The predicted molar refractivity (Wildman–Crippen MR) is 55.9 cm³/mol. The molecule has 1 radical (unpaired) electrons. The highest BCUT2D eigenvalue weighted by Gasteiger charge is 2.18. The second kappa shape index (κ2) is 4.29. The zero-order chi connectivity index (χ0) is 10.7. The molecule has 15 heavy (non-hydrogen) atoms. The molecule has 4 heteroatoms. The van der Waals surface area contributed by atoms with Crippen molar-refractivity contribution in [1.82, 2.24) is 4.90 Å². The maximum absolute atomic E-state index is 13.4. The Hall–Kier alpha value is -1.58. The summed E-state index contributed by atoms with van der Waals surface area (Å²) >= 11 is 0. The minimum Gasteiger partial charge on any atom is -0.366 e. The van der Waals surface area contributed by atoms with E-state index in [1.165, 1.54) is 6.07 Å². The molecule has 0 spiro atoms. The summed E-state index contributed by atoms with van der Waals surface area (Å²) in [6, 6.07) is 6.70. The van der Waals surface area contributed by atoms with Crippen molar-refractivity contribution in [1.29, 1.82) is 0 Å². The van der Waals surface area contributed by atoms with Crippen molar-refractivity contribution in [3.63, 3.8) is 0 Å². The topological polar surface area (TPSA) is 23.6 Å². The molecule has 0 aromatic heterocycles. The number of hydrogen-bond donors (Lipinski definition) is 0. The van der Waals surface area contributed by atoms with Gasteiger partial charge in [0.15, 0.2) is 0 Å². The largest absolute Gasteiger partial charge is 0.366 e. The van der Waals surface area contributed by atoms with Crippen molar-refractivity contribution in [2.45, 2.75) is 0 Å². The van der Waals surface area contributed by atoms with E-state index in [4.69, 9.17) is 0 Å². The highest BCUT2D eigenvalue weighted by atomic mass is 19.1. The number of piperazine rings is 1. The zero-order valence-corrected chi connectivity index (χ0v) is 8.32. The van der Waals surface area contributed by atoms with Gasteiger partial charge in [-0.15, -0.1) is 0 Å². The summed E-state index contributed by atoms with van der Waals surface area (Å²) in [6.07, 6.45) is 1.85. The molecule has 2 rings (SSSR count). The van der Waals surface area contributed by atoms with E-state index in [1.807, 2.05) is 17.4 Å². The maximum atomic E-state index is 13.4. The number of halogens is 1. The number of hydrogen-bond acceptors (Lipinski definition) is 2. The molecule has 3 nitrogen and oxygen atoms in total. The van der Waals surface area contributed by atoms with Crippen LogP contribution in [0.25, 0.3) is 0 Å². The molecule has 0 N–H and O–H groups in total. The van der Waals surface area contributed by atoms with Gasteiger partial charge in [0.1, 0.15) is 5.82 Å². The molecule has 0 bridgehead atoms. The highest BCUT2D eigenvalue weighted by Crippen LogP contribution is 2.19. The van der Waals surface area contributed by atoms with Crippen LogP contribution >= 0.6 is 0 Å². The Labute approximate surface area is 88.1 Å². The normalized spacial score (nSPS) is 16.6. The fourth-order valence-corrected chi connectivity index (χ4v) is 1.75. The van der Waals surface area contributed by atoms with E-state index in [0.29, 0.717) is 31.9 Å². The number of anilines is 1. The van der Waals surface area contributed by atoms with E-state index in [-0.39, 0.29) is 5.82 Å². The van der Waals surface area contributed by atoms with Crippen molar-refractivity contribution < 1.29 is 9.18 Å². The second-order valence-corrected chi connectivity index (χ2v) is 3.52. The predicted octanol–water partition coefficient (Wildman–Crippen LogP) is 1.01. The van der Waals surface area contributed by atoms with Crippen molar-refractivity contribution in [2.24, 2.45) is 0 Å². The molecular weight excluding hydrogens is 195 g/mol. The van der Waals surface area contributed by atoms with Crippen LogP contribution in [0, 0.1) is 5.82 Å². The maximum Gasteiger partial charge on any atom is 0.312 e. The standard InChI is InChI=1S/C11H12FN2O/c12-10-3-1-2-4-11(10)14-7-5-13(9-15)6-8-14/h1-4H,5-8H2. The van der Waals surface area contributed by atoms with Crippen LogP contribution in [-0.2, 0) is 4.79 Å². The summed E-state index contributed by atoms with van der Waals surface area (Å²) in [4.78, 5) is 13.9. The lowest BCUT2D eigenvalue weighted by molar-refractivity contribution is 0.355. The molecule has 0 atom stereocenters. The molecule has 1 fully saturated rings. The van der Waals surface area contributed by atoms with E-state index >= 15 is 0 Å². The van der Waals surface area contributed by atoms with E-state index in [1.54, 1.807) is 17.0 Å². The Morgan fingerprint density at radius 1 is 1.13 bits per heavy atom. The van der Waals surface area contributed by atoms with Crippen LogP contribution in [0.1, 0.15) is 0 Å². The van der Waals surface area contributed by atoms with Gasteiger partial charge in [-0.05, 0) is 12.1 Å². The van der Waals surface area contributed by atoms with Crippen LogP contribution in [0.4, 0.5) is 10.1 Å². The Bertz CT molecular complexity index is 348. The summed E-state index contributed by atoms with van der Waals surface area (Å²) in [7, 11) is 0. The van der Waals surface area contributed by atoms with Gasteiger partial charge in [0.25, 0.3) is 0 Å². The number of para-hydroxylation sites is 1. The van der Waals surface area contributed by atoms with Gasteiger partial charge < -0.3 is 9.80 Å². The van der Waals surface area contributed by atoms with Gasteiger partial charge in [-0.25, -0.2) is 4.39 Å². The molecule has 1 aliphatic heterocycles. The molecular formula is C11H12FN2O. The molecule has 0 unspecified atom stereocenters. The van der Waals surface area contributed by atoms with Crippen molar-refractivity contribution in [2.75, 3.05) is 31.1 Å². The van der Waals surface area contributed by atoms with Gasteiger partial charge in [-0.2, -0.15) is 0 Å². The van der Waals surface area contributed by atoms with Gasteiger partial charge in [0.2, 0.25) is 0 Å². The third-order valence-corrected chi connectivity index (χ3v) is 2.60. The lowest BCUT2D eigenvalue weighted by Gasteiger charge is -2.33. The third-order valence-electron chi connectivity index (χ3n) is 2.60. The summed E-state index contributed by atoms with van der Waals surface area (Å²) < 4.78 is 13.4. The Morgan fingerprint density at radius 2 is 1.80 bits per heavy atom. The summed E-state index contributed by atoms with van der Waals surface area (Å²) in [5.74, 6) is -0.207. The zero-order valence-electron chi connectivity index (χ0n) is 8.32. The van der Waals surface area contributed by atoms with Gasteiger partial charge in [-0.1, -0.05) is 12.1 Å². The van der Waals surface area contributed by atoms with E-state index in [0.717, 1.165) is 0 Å². The van der Waals surface area contributed by atoms with Gasteiger partial charge in [-0.3, -0.25) is 4.79 Å². The van der Waals surface area contributed by atoms with E-state index in [9.17, 15) is 9.18 Å². The highest BCUT2D eigenvalue weighted by molar-refractivity contribution is 5.52. The number of carbonyl (C=O) groups excluding carboxylic acids is 1. The summed E-state index contributed by atoms with van der Waals surface area (Å²) in [5.41, 5.74) is 0.614. The molecule has 79 valence electrons. The smallest absolute Gasteiger partial charge is 0.312 e. The number of nitrogens with zero attached hydrogens (tertiary/aromatic N) is 2. The van der Waals surface area contributed by atoms with Crippen LogP contribution in [-0.4, -0.2) is 37.5 Å². The second-order valence-electron chi connectivity index (χ2n) is 3.52. The van der Waals surface area contributed by atoms with Crippen LogP contribution in [0.3, 0.4) is 0 Å². The SMILES string of the molecule is O=[C]N1CCN(c2ccccc2F)CC1. The third kappa shape index (κ3) is 2.09. The average Bonchev–Trinajstić information content (AvgIpc) is 2.30. The van der Waals surface area contributed by atoms with Crippen molar-refractivity contribution >= 4 is 12.1 Å². The lowest BCUT2D eigenvalue weighted by atomic mass is 10.2. The van der Waals surface area contributed by atoms with Crippen LogP contribution in [0.2, 0.25) is 0 Å². The molecule has 1 aromatic rings. The summed E-state index contributed by atoms with van der Waals surface area (Å²) in [6.45, 7) is 2.54. The van der Waals surface area contributed by atoms with E-state index < -0.39 is 0 Å². The number of amides is 1. The monoisotopic (exact) mass is 207 g/mol. The Balaban J connectivity index is 2.07. The molecule has 1 aliphatic rings. The minimum atomic E-state index is -0.207. The first kappa shape index (κ1) is 9.96. The fraction of sp³-hybridized carbons (Fsp3) is 0.364. The minimum absolute atomic E-state index is 0.207. The lowest BCUT2D eigenvalue weighted by Crippen LogP contribution is -2.45. The first-order valence-corrected chi connectivity index (χ1v) is 4.93. The first-order valence-electron chi connectivity index (χ1n) is 4.93. The van der Waals surface area contributed by atoms with Crippen molar-refractivity contribution in [3.8, 4) is 0 Å². The quantitative estimate of drug-likeness (QED) is 0.722. The van der Waals surface area contributed by atoms with Crippen LogP contribution < -0.4 is 4.90 Å². The average molecular weight is 207 g/mol. The summed E-state index contributed by atoms with van der Waals surface area (Å²) in [5, 5.41) is 0. The number of rotatable bonds is 2. The number of benzene rings is 1. The molecule has 0 aliphatic carbocycles. The Kier molecular flexibility index (Phi) is 2.85. The van der Waals surface area contributed by atoms with E-state index in [2.05, 4.69) is 0 Å². The first-order chi connectivity index (χ1) is 7.31. The molecule has 1 heterocycles. The molecule has 1 amide bonds. The van der Waals surface area contributed by atoms with Crippen LogP contribution in [0.15, 0.2) is 24.3 Å². The molecule has 0 saturated carbocycles. The van der Waals surface area contributed by atoms with Gasteiger partial charge >= 0.3 is 6.41 Å². The van der Waals surface area contributed by atoms with Gasteiger partial charge in [0, 0.05) is 26.2 Å². The molecule has 1 saturated heterocycles. The van der Waals surface area contributed by atoms with Crippen molar-refractivity contribution in [3.05, 3.63) is 30.1 Å². The Morgan fingerprint density at radius 3 is 2.40 bits per heavy atom. The molecule has 1 aromatic carbocycles.